The number of rotatable bonds is 6. The number of benzene rings is 2. The fraction of sp³-hybridized carbons (Fsp3) is 0.167. The molecule has 142 valence electrons. The van der Waals surface area contributed by atoms with E-state index in [0.717, 1.165) is 4.47 Å². The second-order valence-electron chi connectivity index (χ2n) is 5.34. The number of hydrogen-bond acceptors (Lipinski definition) is 4. The lowest BCUT2D eigenvalue weighted by Crippen LogP contribution is -2.43. The molecule has 2 aromatic carbocycles. The first kappa shape index (κ1) is 20.9. The molecule has 9 heteroatoms. The average molecular weight is 499 g/mol. The van der Waals surface area contributed by atoms with Crippen molar-refractivity contribution in [3.05, 3.63) is 57.0 Å². The fourth-order valence-corrected chi connectivity index (χ4v) is 3.09. The molecule has 0 bridgehead atoms. The number of carbonyl (C=O) groups excluding carboxylic acids is 3. The van der Waals surface area contributed by atoms with Gasteiger partial charge in [-0.1, -0.05) is 22.9 Å². The number of anilines is 1. The lowest BCUT2D eigenvalue weighted by Gasteiger charge is -2.10. The van der Waals surface area contributed by atoms with Crippen LogP contribution >= 0.6 is 31.9 Å². The van der Waals surface area contributed by atoms with Crippen molar-refractivity contribution in [1.29, 1.82) is 0 Å². The maximum absolute atomic E-state index is 12.0. The third-order valence-corrected chi connectivity index (χ3v) is 4.43. The van der Waals surface area contributed by atoms with Crippen LogP contribution in [0, 0.1) is 0 Å². The van der Waals surface area contributed by atoms with E-state index in [1.165, 1.54) is 0 Å². The summed E-state index contributed by atoms with van der Waals surface area (Å²) in [6.07, 6.45) is 0.368. The Morgan fingerprint density at radius 1 is 0.963 bits per heavy atom. The van der Waals surface area contributed by atoms with Crippen molar-refractivity contribution in [3.8, 4) is 5.75 Å². The Kier molecular flexibility index (Phi) is 7.81. The molecule has 0 aliphatic carbocycles. The van der Waals surface area contributed by atoms with Crippen molar-refractivity contribution >= 4 is 55.3 Å². The van der Waals surface area contributed by atoms with Crippen LogP contribution in [0.4, 0.5) is 5.69 Å². The highest BCUT2D eigenvalue weighted by molar-refractivity contribution is 9.11. The van der Waals surface area contributed by atoms with Gasteiger partial charge in [-0.25, -0.2) is 0 Å². The summed E-state index contributed by atoms with van der Waals surface area (Å²) in [5.74, 6) is -0.604. The molecule has 7 nitrogen and oxygen atoms in total. The van der Waals surface area contributed by atoms with E-state index < -0.39 is 11.8 Å². The van der Waals surface area contributed by atoms with Crippen molar-refractivity contribution in [2.24, 2.45) is 0 Å². The molecule has 0 fully saturated rings. The van der Waals surface area contributed by atoms with Crippen molar-refractivity contribution in [2.45, 2.75) is 13.3 Å². The molecule has 27 heavy (non-hydrogen) atoms. The van der Waals surface area contributed by atoms with Gasteiger partial charge in [-0.05, 0) is 58.4 Å². The molecule has 0 aliphatic rings. The number of hydrazine groups is 1. The van der Waals surface area contributed by atoms with Crippen LogP contribution in [0.25, 0.3) is 0 Å². The van der Waals surface area contributed by atoms with Crippen molar-refractivity contribution in [3.63, 3.8) is 0 Å². The first-order valence-electron chi connectivity index (χ1n) is 7.96. The lowest BCUT2D eigenvalue weighted by molar-refractivity contribution is -0.123. The summed E-state index contributed by atoms with van der Waals surface area (Å²) in [7, 11) is 0. The lowest BCUT2D eigenvalue weighted by atomic mass is 10.2. The van der Waals surface area contributed by atoms with Crippen LogP contribution in [-0.2, 0) is 9.59 Å². The summed E-state index contributed by atoms with van der Waals surface area (Å²) in [6.45, 7) is 1.49. The number of carbonyl (C=O) groups is 3. The molecule has 3 amide bonds. The van der Waals surface area contributed by atoms with Crippen LogP contribution in [0.2, 0.25) is 0 Å². The maximum atomic E-state index is 12.0. The average Bonchev–Trinajstić information content (AvgIpc) is 2.65. The van der Waals surface area contributed by atoms with Crippen LogP contribution in [-0.4, -0.2) is 24.3 Å². The van der Waals surface area contributed by atoms with E-state index in [9.17, 15) is 14.4 Å². The molecular formula is C18H17Br2N3O4. The normalized spacial score (nSPS) is 10.0. The Hall–Kier alpha value is -2.39. The van der Waals surface area contributed by atoms with Crippen LogP contribution in [0.15, 0.2) is 51.4 Å². The van der Waals surface area contributed by atoms with Gasteiger partial charge in [0.1, 0.15) is 5.75 Å². The van der Waals surface area contributed by atoms with Gasteiger partial charge in [-0.15, -0.1) is 0 Å². The molecule has 0 saturated carbocycles. The number of nitrogens with one attached hydrogen (secondary N) is 3. The fourth-order valence-electron chi connectivity index (χ4n) is 1.92. The summed E-state index contributed by atoms with van der Waals surface area (Å²) in [4.78, 5) is 35.2. The number of hydrogen-bond donors (Lipinski definition) is 3. The Bertz CT molecular complexity index is 841. The molecule has 0 atom stereocenters. The van der Waals surface area contributed by atoms with E-state index in [1.54, 1.807) is 49.4 Å². The third-order valence-electron chi connectivity index (χ3n) is 3.32. The smallest absolute Gasteiger partial charge is 0.276 e. The standard InChI is InChI=1S/C18H17Br2N3O4/c1-2-16(24)21-13-6-3-11(4-7-13)18(26)23-22-17(25)10-27-15-8-5-12(19)9-14(15)20/h3-9H,2,10H2,1H3,(H,21,24)(H,22,25)(H,23,26). The predicted octanol–water partition coefficient (Wildman–Crippen LogP) is 3.40. The first-order chi connectivity index (χ1) is 12.9. The van der Waals surface area contributed by atoms with Gasteiger partial charge in [-0.3, -0.25) is 25.2 Å². The van der Waals surface area contributed by atoms with Crippen LogP contribution in [0.3, 0.4) is 0 Å². The van der Waals surface area contributed by atoms with Crippen LogP contribution in [0.1, 0.15) is 23.7 Å². The summed E-state index contributed by atoms with van der Waals surface area (Å²) in [5.41, 5.74) is 5.51. The molecule has 0 aliphatic heterocycles. The quantitative estimate of drug-likeness (QED) is 0.532. The molecule has 3 N–H and O–H groups in total. The molecule has 0 saturated heterocycles. The highest BCUT2D eigenvalue weighted by Crippen LogP contribution is 2.28. The van der Waals surface area contributed by atoms with Gasteiger partial charge in [0.2, 0.25) is 5.91 Å². The van der Waals surface area contributed by atoms with E-state index >= 15 is 0 Å². The van der Waals surface area contributed by atoms with Crippen molar-refractivity contribution in [1.82, 2.24) is 10.9 Å². The minimum Gasteiger partial charge on any atom is -0.483 e. The molecule has 2 aromatic rings. The number of halogens is 2. The molecule has 2 rings (SSSR count). The Balaban J connectivity index is 1.80. The van der Waals surface area contributed by atoms with E-state index in [-0.39, 0.29) is 12.5 Å². The topological polar surface area (TPSA) is 96.5 Å². The summed E-state index contributed by atoms with van der Waals surface area (Å²) < 4.78 is 6.96. The van der Waals surface area contributed by atoms with E-state index in [4.69, 9.17) is 4.74 Å². The summed E-state index contributed by atoms with van der Waals surface area (Å²) >= 11 is 6.66. The first-order valence-corrected chi connectivity index (χ1v) is 9.54. The molecule has 0 heterocycles. The Labute approximate surface area is 173 Å². The summed E-state index contributed by atoms with van der Waals surface area (Å²) in [6, 6.07) is 11.6. The SMILES string of the molecule is CCC(=O)Nc1ccc(C(=O)NNC(=O)COc2ccc(Br)cc2Br)cc1. The molecule has 0 aromatic heterocycles. The zero-order valence-corrected chi connectivity index (χ0v) is 17.5. The van der Waals surface area contributed by atoms with Gasteiger partial charge < -0.3 is 10.1 Å². The minimum absolute atomic E-state index is 0.114. The van der Waals surface area contributed by atoms with Gasteiger partial charge in [0.05, 0.1) is 4.47 Å². The molecule has 0 spiro atoms. The Morgan fingerprint density at radius 2 is 1.67 bits per heavy atom. The highest BCUT2D eigenvalue weighted by atomic mass is 79.9. The van der Waals surface area contributed by atoms with Crippen LogP contribution < -0.4 is 20.9 Å². The summed E-state index contributed by atoms with van der Waals surface area (Å²) in [5, 5.41) is 2.68. The molecular weight excluding hydrogens is 482 g/mol. The third kappa shape index (κ3) is 6.69. The zero-order chi connectivity index (χ0) is 19.8. The van der Waals surface area contributed by atoms with Crippen molar-refractivity contribution < 1.29 is 19.1 Å². The highest BCUT2D eigenvalue weighted by Gasteiger charge is 2.09. The number of amides is 3. The van der Waals surface area contributed by atoms with Gasteiger partial charge in [0.15, 0.2) is 6.61 Å². The Morgan fingerprint density at radius 3 is 2.30 bits per heavy atom. The second-order valence-corrected chi connectivity index (χ2v) is 7.11. The van der Waals surface area contributed by atoms with E-state index in [2.05, 4.69) is 48.0 Å². The molecule has 0 radical (unpaired) electrons. The maximum Gasteiger partial charge on any atom is 0.276 e. The van der Waals surface area contributed by atoms with Gasteiger partial charge in [0, 0.05) is 22.1 Å². The largest absolute Gasteiger partial charge is 0.483 e. The minimum atomic E-state index is -0.509. The van der Waals surface area contributed by atoms with Gasteiger partial charge in [-0.2, -0.15) is 0 Å². The van der Waals surface area contributed by atoms with Gasteiger partial charge >= 0.3 is 0 Å². The van der Waals surface area contributed by atoms with E-state index in [0.29, 0.717) is 27.9 Å². The monoisotopic (exact) mass is 497 g/mol. The van der Waals surface area contributed by atoms with Crippen LogP contribution in [0.5, 0.6) is 5.75 Å². The second kappa shape index (κ2) is 10.1. The van der Waals surface area contributed by atoms with E-state index in [1.807, 2.05) is 0 Å². The predicted molar refractivity (Wildman–Crippen MR) is 108 cm³/mol. The zero-order valence-electron chi connectivity index (χ0n) is 14.3. The molecule has 0 unspecified atom stereocenters. The van der Waals surface area contributed by atoms with Crippen molar-refractivity contribution in [2.75, 3.05) is 11.9 Å². The number of ether oxygens (including phenoxy) is 1. The van der Waals surface area contributed by atoms with Gasteiger partial charge in [0.25, 0.3) is 11.8 Å².